The summed E-state index contributed by atoms with van der Waals surface area (Å²) < 4.78 is 0. The fraction of sp³-hybridized carbons (Fsp3) is 0.300. The van der Waals surface area contributed by atoms with E-state index in [1.165, 1.54) is 6.20 Å². The van der Waals surface area contributed by atoms with Crippen LogP contribution in [0.15, 0.2) is 30.6 Å². The van der Waals surface area contributed by atoms with Crippen LogP contribution in [0, 0.1) is 5.41 Å². The van der Waals surface area contributed by atoms with E-state index >= 15 is 0 Å². The summed E-state index contributed by atoms with van der Waals surface area (Å²) in [6.45, 7) is 3.42. The largest absolute Gasteiger partial charge is 0.394 e. The second-order valence-corrected chi connectivity index (χ2v) is 7.50. The molecule has 0 fully saturated rings. The van der Waals surface area contributed by atoms with E-state index in [1.807, 2.05) is 13.8 Å². The summed E-state index contributed by atoms with van der Waals surface area (Å²) in [6.07, 6.45) is 2.04. The lowest BCUT2D eigenvalue weighted by molar-refractivity contribution is 0.0944. The average molecular weight is 431 g/mol. The molecular formula is C20H23ClN6O3. The zero-order chi connectivity index (χ0) is 21.8. The zero-order valence-corrected chi connectivity index (χ0v) is 17.3. The molecule has 158 valence electrons. The van der Waals surface area contributed by atoms with Gasteiger partial charge in [0.25, 0.3) is 5.91 Å². The Labute approximate surface area is 178 Å². The van der Waals surface area contributed by atoms with Crippen LogP contribution >= 0.6 is 11.6 Å². The Bertz CT molecular complexity index is 1080. The number of aromatic amines is 1. The van der Waals surface area contributed by atoms with Crippen molar-refractivity contribution >= 4 is 40.1 Å². The molecule has 0 bridgehead atoms. The number of amides is 1. The van der Waals surface area contributed by atoms with E-state index in [0.717, 1.165) is 0 Å². The number of anilines is 1. The number of fused-ring (bicyclic) bond motifs is 1. The van der Waals surface area contributed by atoms with Crippen LogP contribution in [0.25, 0.3) is 11.2 Å². The number of aromatic nitrogens is 3. The van der Waals surface area contributed by atoms with E-state index in [-0.39, 0.29) is 29.9 Å². The highest BCUT2D eigenvalue weighted by molar-refractivity contribution is 6.31. The van der Waals surface area contributed by atoms with E-state index in [1.54, 1.807) is 24.4 Å². The van der Waals surface area contributed by atoms with E-state index in [0.29, 0.717) is 33.0 Å². The first-order valence-corrected chi connectivity index (χ1v) is 9.74. The van der Waals surface area contributed by atoms with Gasteiger partial charge in [-0.25, -0.2) is 9.97 Å². The summed E-state index contributed by atoms with van der Waals surface area (Å²) >= 11 is 6.08. The molecule has 9 nitrogen and oxygen atoms in total. The topological polar surface area (TPSA) is 147 Å². The van der Waals surface area contributed by atoms with Crippen LogP contribution in [0.4, 0.5) is 5.69 Å². The van der Waals surface area contributed by atoms with Crippen LogP contribution < -0.4 is 10.6 Å². The fourth-order valence-electron chi connectivity index (χ4n) is 2.84. The molecule has 0 saturated heterocycles. The molecule has 0 aliphatic carbocycles. The van der Waals surface area contributed by atoms with Crippen molar-refractivity contribution in [1.29, 1.82) is 5.41 Å². The standard InChI is InChI=1S/C20H23ClN6O3/c1-10(2)26-20(30)14-7-24-19-18(14)27-16(8-25-19)17(22)13-4-3-11(21)5-15(13)23-6-12(29)9-28/h3-5,7-8,10,12,22-23,28-29H,6,9H2,1-2H3,(H,24,25)(H,26,30). The molecule has 1 unspecified atom stereocenters. The summed E-state index contributed by atoms with van der Waals surface area (Å²) in [6, 6.07) is 4.89. The predicted molar refractivity (Wildman–Crippen MR) is 115 cm³/mol. The van der Waals surface area contributed by atoms with Crippen molar-refractivity contribution in [3.05, 3.63) is 52.4 Å². The van der Waals surface area contributed by atoms with Crippen LogP contribution in [0.2, 0.25) is 5.02 Å². The van der Waals surface area contributed by atoms with E-state index in [4.69, 9.17) is 22.1 Å². The van der Waals surface area contributed by atoms with Crippen molar-refractivity contribution in [1.82, 2.24) is 20.3 Å². The molecule has 0 spiro atoms. The predicted octanol–water partition coefficient (Wildman–Crippen LogP) is 1.93. The highest BCUT2D eigenvalue weighted by Gasteiger charge is 2.18. The minimum Gasteiger partial charge on any atom is -0.394 e. The molecule has 30 heavy (non-hydrogen) atoms. The molecule has 0 aliphatic heterocycles. The van der Waals surface area contributed by atoms with Gasteiger partial charge in [0, 0.05) is 35.1 Å². The maximum absolute atomic E-state index is 12.4. The quantitative estimate of drug-likeness (QED) is 0.301. The first-order chi connectivity index (χ1) is 14.3. The van der Waals surface area contributed by atoms with Crippen molar-refractivity contribution < 1.29 is 15.0 Å². The summed E-state index contributed by atoms with van der Waals surface area (Å²) in [5.41, 5.74) is 2.50. The summed E-state index contributed by atoms with van der Waals surface area (Å²) in [5.74, 6) is -0.277. The monoisotopic (exact) mass is 430 g/mol. The lowest BCUT2D eigenvalue weighted by Crippen LogP contribution is -2.30. The van der Waals surface area contributed by atoms with Crippen LogP contribution in [-0.4, -0.2) is 62.1 Å². The molecule has 0 saturated carbocycles. The number of rotatable bonds is 8. The molecule has 0 aliphatic rings. The molecule has 2 heterocycles. The molecule has 1 aromatic carbocycles. The number of hydrogen-bond acceptors (Lipinski definition) is 7. The van der Waals surface area contributed by atoms with Gasteiger partial charge in [-0.2, -0.15) is 0 Å². The summed E-state index contributed by atoms with van der Waals surface area (Å²) in [5, 5.41) is 33.5. The van der Waals surface area contributed by atoms with Crippen molar-refractivity contribution in [3.8, 4) is 0 Å². The molecule has 10 heteroatoms. The highest BCUT2D eigenvalue weighted by Crippen LogP contribution is 2.24. The van der Waals surface area contributed by atoms with Gasteiger partial charge in [0.2, 0.25) is 0 Å². The number of halogens is 1. The van der Waals surface area contributed by atoms with E-state index < -0.39 is 12.7 Å². The summed E-state index contributed by atoms with van der Waals surface area (Å²) in [4.78, 5) is 24.1. The SMILES string of the molecule is CC(C)NC(=O)c1c[nH]c2ncc(C(=N)c3ccc(Cl)cc3NCC(O)CO)nc12. The highest BCUT2D eigenvalue weighted by atomic mass is 35.5. The zero-order valence-electron chi connectivity index (χ0n) is 16.5. The third-order valence-electron chi connectivity index (χ3n) is 4.29. The smallest absolute Gasteiger partial charge is 0.255 e. The number of carbonyl (C=O) groups excluding carboxylic acids is 1. The van der Waals surface area contributed by atoms with E-state index in [9.17, 15) is 9.90 Å². The number of aliphatic hydroxyl groups is 2. The number of carbonyl (C=O) groups is 1. The average Bonchev–Trinajstić information content (AvgIpc) is 3.14. The molecule has 2 aromatic heterocycles. The van der Waals surface area contributed by atoms with Crippen LogP contribution in [0.5, 0.6) is 0 Å². The Hall–Kier alpha value is -3.01. The third kappa shape index (κ3) is 4.76. The number of hydrogen-bond donors (Lipinski definition) is 6. The van der Waals surface area contributed by atoms with Crippen LogP contribution in [0.3, 0.4) is 0 Å². The Morgan fingerprint density at radius 3 is 2.80 bits per heavy atom. The second-order valence-electron chi connectivity index (χ2n) is 7.07. The van der Waals surface area contributed by atoms with Gasteiger partial charge in [-0.05, 0) is 32.0 Å². The molecule has 1 amide bonds. The van der Waals surface area contributed by atoms with Crippen LogP contribution in [0.1, 0.15) is 35.5 Å². The molecule has 3 aromatic rings. The van der Waals surface area contributed by atoms with Gasteiger partial charge in [0.1, 0.15) is 11.2 Å². The van der Waals surface area contributed by atoms with Crippen molar-refractivity contribution in [2.45, 2.75) is 26.0 Å². The fourth-order valence-corrected chi connectivity index (χ4v) is 3.01. The van der Waals surface area contributed by atoms with Crippen molar-refractivity contribution in [2.24, 2.45) is 0 Å². The van der Waals surface area contributed by atoms with Crippen LogP contribution in [-0.2, 0) is 0 Å². The van der Waals surface area contributed by atoms with Crippen molar-refractivity contribution in [3.63, 3.8) is 0 Å². The van der Waals surface area contributed by atoms with Gasteiger partial charge in [-0.15, -0.1) is 0 Å². The maximum atomic E-state index is 12.4. The number of nitrogens with one attached hydrogen (secondary N) is 4. The third-order valence-corrected chi connectivity index (χ3v) is 4.53. The van der Waals surface area contributed by atoms with Gasteiger partial charge in [-0.1, -0.05) is 11.6 Å². The first kappa shape index (κ1) is 21.7. The lowest BCUT2D eigenvalue weighted by Gasteiger charge is -2.15. The van der Waals surface area contributed by atoms with E-state index in [2.05, 4.69) is 25.6 Å². The molecule has 1 atom stereocenters. The maximum Gasteiger partial charge on any atom is 0.255 e. The van der Waals surface area contributed by atoms with Gasteiger partial charge >= 0.3 is 0 Å². The number of aliphatic hydroxyl groups excluding tert-OH is 2. The molecular weight excluding hydrogens is 408 g/mol. The first-order valence-electron chi connectivity index (χ1n) is 9.36. The Balaban J connectivity index is 1.96. The van der Waals surface area contributed by atoms with Gasteiger partial charge in [0.15, 0.2) is 5.65 Å². The summed E-state index contributed by atoms with van der Waals surface area (Å²) in [7, 11) is 0. The molecule has 3 rings (SSSR count). The van der Waals surface area contributed by atoms with Gasteiger partial charge in [-0.3, -0.25) is 10.2 Å². The number of nitrogens with zero attached hydrogens (tertiary/aromatic N) is 2. The molecule has 0 radical (unpaired) electrons. The van der Waals surface area contributed by atoms with Crippen molar-refractivity contribution in [2.75, 3.05) is 18.5 Å². The minimum absolute atomic E-state index is 0.0335. The Morgan fingerprint density at radius 1 is 1.33 bits per heavy atom. The number of H-pyrrole nitrogens is 1. The Morgan fingerprint density at radius 2 is 2.10 bits per heavy atom. The van der Waals surface area contributed by atoms with Gasteiger partial charge < -0.3 is 25.8 Å². The molecule has 6 N–H and O–H groups in total. The second kappa shape index (κ2) is 9.21. The Kier molecular flexibility index (Phi) is 6.66. The minimum atomic E-state index is -0.955. The normalized spacial score (nSPS) is 12.2. The van der Waals surface area contributed by atoms with Gasteiger partial charge in [0.05, 0.1) is 30.2 Å². The number of benzene rings is 1. The lowest BCUT2D eigenvalue weighted by atomic mass is 10.0.